The molecule has 0 aromatic carbocycles. The number of aromatic nitrogens is 4. The molecule has 1 unspecified atom stereocenters. The lowest BCUT2D eigenvalue weighted by atomic mass is 10.1. The first kappa shape index (κ1) is 28.1. The minimum atomic E-state index is -4.84. The summed E-state index contributed by atoms with van der Waals surface area (Å²) in [4.78, 5) is 28.1. The number of hydrogen-bond acceptors (Lipinski definition) is 11. The SMILES string of the molecule is CC(C)COc1nc(NC2CCCC2)c2cnn([C@@H]3O[C@H](COC(C)(CO)P(=O)(O)O)[C@@H](O)[C@H]3O)c2n1. The van der Waals surface area contributed by atoms with Crippen molar-refractivity contribution in [3.05, 3.63) is 6.20 Å². The van der Waals surface area contributed by atoms with E-state index >= 15 is 0 Å². The Morgan fingerprint density at radius 2 is 1.95 bits per heavy atom. The standard InChI is InChI=1S/C22H36N5O9P/c1-12(2)9-34-21-25-18(24-13-6-4-5-7-13)14-8-23-27(19(14)26-21)20-17(30)16(29)15(36-20)10-35-22(3,11-28)37(31,32)33/h8,12-13,15-17,20,28-30H,4-7,9-11H2,1-3H3,(H,24,25,26)(H2,31,32,33)/t15-,16-,17-,20-,22?/m1/s1. The molecule has 4 rings (SSSR count). The number of aliphatic hydroxyl groups is 3. The van der Waals surface area contributed by atoms with Crippen molar-refractivity contribution < 1.29 is 43.9 Å². The van der Waals surface area contributed by atoms with Crippen LogP contribution in [0.5, 0.6) is 6.01 Å². The van der Waals surface area contributed by atoms with E-state index in [-0.39, 0.29) is 18.0 Å². The van der Waals surface area contributed by atoms with Crippen LogP contribution < -0.4 is 10.1 Å². The maximum absolute atomic E-state index is 11.7. The molecule has 2 aromatic heterocycles. The van der Waals surface area contributed by atoms with Crippen molar-refractivity contribution in [1.29, 1.82) is 0 Å². The maximum Gasteiger partial charge on any atom is 0.359 e. The molecule has 0 amide bonds. The molecular formula is C22H36N5O9P. The van der Waals surface area contributed by atoms with Crippen LogP contribution in [0.25, 0.3) is 11.0 Å². The van der Waals surface area contributed by atoms with Crippen molar-refractivity contribution in [2.24, 2.45) is 5.92 Å². The van der Waals surface area contributed by atoms with E-state index in [1.807, 2.05) is 13.8 Å². The number of nitrogens with one attached hydrogen (secondary N) is 1. The number of rotatable bonds is 11. The van der Waals surface area contributed by atoms with Gasteiger partial charge in [0.25, 0.3) is 0 Å². The predicted molar refractivity (Wildman–Crippen MR) is 131 cm³/mol. The van der Waals surface area contributed by atoms with E-state index in [0.717, 1.165) is 32.6 Å². The van der Waals surface area contributed by atoms with Gasteiger partial charge in [0.2, 0.25) is 0 Å². The van der Waals surface area contributed by atoms with Gasteiger partial charge in [-0.2, -0.15) is 15.1 Å². The van der Waals surface area contributed by atoms with Crippen LogP contribution in [0.2, 0.25) is 0 Å². The summed E-state index contributed by atoms with van der Waals surface area (Å²) in [7, 11) is -4.84. The van der Waals surface area contributed by atoms with Crippen molar-refractivity contribution in [3.8, 4) is 6.01 Å². The summed E-state index contributed by atoms with van der Waals surface area (Å²) in [5.41, 5.74) is 0.322. The molecule has 1 saturated carbocycles. The van der Waals surface area contributed by atoms with Gasteiger partial charge in [0.1, 0.15) is 24.1 Å². The number of hydrogen-bond donors (Lipinski definition) is 6. The predicted octanol–water partition coefficient (Wildman–Crippen LogP) is 0.738. The molecule has 2 fully saturated rings. The highest BCUT2D eigenvalue weighted by atomic mass is 31.2. The van der Waals surface area contributed by atoms with E-state index in [4.69, 9.17) is 14.2 Å². The summed E-state index contributed by atoms with van der Waals surface area (Å²) in [6, 6.07) is 0.391. The van der Waals surface area contributed by atoms with Gasteiger partial charge in [0.15, 0.2) is 17.2 Å². The minimum absolute atomic E-state index is 0.136. The van der Waals surface area contributed by atoms with E-state index in [9.17, 15) is 29.7 Å². The first-order valence-corrected chi connectivity index (χ1v) is 14.0. The van der Waals surface area contributed by atoms with Crippen molar-refractivity contribution in [2.75, 3.05) is 25.1 Å². The fourth-order valence-electron chi connectivity index (χ4n) is 4.32. The third-order valence-corrected chi connectivity index (χ3v) is 8.22. The van der Waals surface area contributed by atoms with Crippen LogP contribution in [-0.2, 0) is 14.0 Å². The number of anilines is 1. The highest BCUT2D eigenvalue weighted by molar-refractivity contribution is 7.53. The van der Waals surface area contributed by atoms with E-state index < -0.39 is 50.7 Å². The third-order valence-electron chi connectivity index (χ3n) is 6.72. The van der Waals surface area contributed by atoms with E-state index in [0.29, 0.717) is 23.5 Å². The first-order chi connectivity index (χ1) is 17.4. The molecule has 0 bridgehead atoms. The summed E-state index contributed by atoms with van der Waals surface area (Å²) in [5, 5.41) is 37.0. The molecule has 15 heteroatoms. The number of aliphatic hydroxyl groups excluding tert-OH is 3. The topological polar surface area (TPSA) is 202 Å². The summed E-state index contributed by atoms with van der Waals surface area (Å²) >= 11 is 0. The molecule has 208 valence electrons. The molecule has 37 heavy (non-hydrogen) atoms. The van der Waals surface area contributed by atoms with Crippen LogP contribution in [0.1, 0.15) is 52.7 Å². The Bertz CT molecular complexity index is 1120. The molecule has 2 aromatic rings. The van der Waals surface area contributed by atoms with Crippen LogP contribution in [0.4, 0.5) is 5.82 Å². The van der Waals surface area contributed by atoms with Crippen molar-refractivity contribution >= 4 is 24.4 Å². The zero-order valence-corrected chi connectivity index (χ0v) is 22.0. The molecule has 2 aliphatic rings. The Kier molecular flexibility index (Phi) is 8.41. The Hall–Kier alpha value is -1.90. The van der Waals surface area contributed by atoms with Crippen molar-refractivity contribution in [3.63, 3.8) is 0 Å². The Morgan fingerprint density at radius 1 is 1.24 bits per heavy atom. The molecule has 5 atom stereocenters. The van der Waals surface area contributed by atoms with Gasteiger partial charge in [0.05, 0.1) is 31.4 Å². The van der Waals surface area contributed by atoms with Crippen LogP contribution >= 0.6 is 7.60 Å². The number of ether oxygens (including phenoxy) is 3. The second-order valence-electron chi connectivity index (χ2n) is 10.2. The normalized spacial score (nSPS) is 26.7. The van der Waals surface area contributed by atoms with Gasteiger partial charge in [-0.25, -0.2) is 4.68 Å². The lowest BCUT2D eigenvalue weighted by Crippen LogP contribution is -2.39. The molecule has 1 aliphatic heterocycles. The summed E-state index contributed by atoms with van der Waals surface area (Å²) in [6.07, 6.45) is 0.581. The largest absolute Gasteiger partial charge is 0.463 e. The summed E-state index contributed by atoms with van der Waals surface area (Å²) in [5.74, 6) is 0.791. The van der Waals surface area contributed by atoms with Gasteiger partial charge >= 0.3 is 13.6 Å². The highest BCUT2D eigenvalue weighted by Gasteiger charge is 2.48. The van der Waals surface area contributed by atoms with Crippen LogP contribution in [0.15, 0.2) is 6.20 Å². The molecule has 1 aliphatic carbocycles. The van der Waals surface area contributed by atoms with Crippen LogP contribution in [0.3, 0.4) is 0 Å². The monoisotopic (exact) mass is 545 g/mol. The highest BCUT2D eigenvalue weighted by Crippen LogP contribution is 2.51. The lowest BCUT2D eigenvalue weighted by Gasteiger charge is -2.29. The molecule has 0 radical (unpaired) electrons. The molecular weight excluding hydrogens is 509 g/mol. The molecule has 0 spiro atoms. The average Bonchev–Trinajstić information content (AvgIpc) is 3.56. The summed E-state index contributed by atoms with van der Waals surface area (Å²) in [6.45, 7) is 4.00. The Balaban J connectivity index is 1.60. The molecule has 3 heterocycles. The third kappa shape index (κ3) is 5.91. The van der Waals surface area contributed by atoms with E-state index in [2.05, 4.69) is 20.4 Å². The smallest absolute Gasteiger partial charge is 0.359 e. The number of nitrogens with zero attached hydrogens (tertiary/aromatic N) is 4. The van der Waals surface area contributed by atoms with Crippen LogP contribution in [-0.4, -0.2) is 94.4 Å². The van der Waals surface area contributed by atoms with E-state index in [1.54, 1.807) is 6.20 Å². The molecule has 1 saturated heterocycles. The van der Waals surface area contributed by atoms with Gasteiger partial charge in [-0.05, 0) is 25.7 Å². The minimum Gasteiger partial charge on any atom is -0.463 e. The molecule has 6 N–H and O–H groups in total. The second kappa shape index (κ2) is 11.1. The van der Waals surface area contributed by atoms with Crippen molar-refractivity contribution in [2.45, 2.75) is 82.4 Å². The Morgan fingerprint density at radius 3 is 2.57 bits per heavy atom. The van der Waals surface area contributed by atoms with Crippen molar-refractivity contribution in [1.82, 2.24) is 19.7 Å². The lowest BCUT2D eigenvalue weighted by molar-refractivity contribution is -0.104. The van der Waals surface area contributed by atoms with Gasteiger partial charge in [-0.1, -0.05) is 26.7 Å². The maximum atomic E-state index is 11.7. The zero-order chi connectivity index (χ0) is 27.0. The van der Waals surface area contributed by atoms with E-state index in [1.165, 1.54) is 4.68 Å². The second-order valence-corrected chi connectivity index (χ2v) is 12.3. The van der Waals surface area contributed by atoms with Gasteiger partial charge < -0.3 is 44.6 Å². The fourth-order valence-corrected chi connectivity index (χ4v) is 4.75. The quantitative estimate of drug-likeness (QED) is 0.216. The van der Waals surface area contributed by atoms with Gasteiger partial charge in [0, 0.05) is 6.04 Å². The average molecular weight is 546 g/mol. The Labute approximate surface area is 214 Å². The molecule has 14 nitrogen and oxygen atoms in total. The fraction of sp³-hybridized carbons (Fsp3) is 0.773. The first-order valence-electron chi connectivity index (χ1n) is 12.4. The summed E-state index contributed by atoms with van der Waals surface area (Å²) < 4.78 is 29.9. The number of fused-ring (bicyclic) bond motifs is 1. The van der Waals surface area contributed by atoms with Gasteiger partial charge in [-0.15, -0.1) is 0 Å². The zero-order valence-electron chi connectivity index (χ0n) is 21.1. The van der Waals surface area contributed by atoms with Crippen LogP contribution in [0, 0.1) is 5.92 Å². The van der Waals surface area contributed by atoms with Gasteiger partial charge in [-0.3, -0.25) is 4.57 Å².